The van der Waals surface area contributed by atoms with Crippen LogP contribution < -0.4 is 19.5 Å². The summed E-state index contributed by atoms with van der Waals surface area (Å²) in [6.07, 6.45) is 0.964. The molecule has 0 saturated heterocycles. The van der Waals surface area contributed by atoms with Gasteiger partial charge in [0.1, 0.15) is 0 Å². The fourth-order valence-electron chi connectivity index (χ4n) is 2.84. The second-order valence-corrected chi connectivity index (χ2v) is 9.57. The van der Waals surface area contributed by atoms with Crippen LogP contribution in [0.1, 0.15) is 10.8 Å². The number of thioether (sulfide) groups is 1. The van der Waals surface area contributed by atoms with E-state index in [4.69, 9.17) is 18.6 Å². The third kappa shape index (κ3) is 5.31. The van der Waals surface area contributed by atoms with Crippen LogP contribution in [0.15, 0.2) is 38.4 Å². The van der Waals surface area contributed by atoms with Gasteiger partial charge in [0.15, 0.2) is 15.8 Å². The third-order valence-electron chi connectivity index (χ3n) is 4.33. The number of hydrogen-bond donors (Lipinski definition) is 1. The van der Waals surface area contributed by atoms with Crippen LogP contribution in [0.5, 0.6) is 17.2 Å². The number of nitrogens with zero attached hydrogens (tertiary/aromatic N) is 4. The predicted molar refractivity (Wildman–Crippen MR) is 125 cm³/mol. The van der Waals surface area contributed by atoms with Gasteiger partial charge in [-0.15, -0.1) is 31.7 Å². The Morgan fingerprint density at radius 3 is 2.53 bits per heavy atom. The van der Waals surface area contributed by atoms with Crippen molar-refractivity contribution in [2.24, 2.45) is 0 Å². The molecule has 0 fully saturated rings. The number of aromatic nitrogens is 4. The quantitative estimate of drug-likeness (QED) is 0.299. The number of anilines is 1. The third-order valence-corrected chi connectivity index (χ3v) is 7.27. The van der Waals surface area contributed by atoms with Gasteiger partial charge in [-0.2, -0.15) is 0 Å². The smallest absolute Gasteiger partial charge is 0.248 e. The van der Waals surface area contributed by atoms with Crippen LogP contribution in [-0.2, 0) is 12.2 Å². The maximum atomic E-state index is 5.82. The summed E-state index contributed by atoms with van der Waals surface area (Å²) in [7, 11) is 4.68. The summed E-state index contributed by atoms with van der Waals surface area (Å²) in [5, 5.41) is 22.9. The summed E-state index contributed by atoms with van der Waals surface area (Å²) in [4.78, 5) is 1.34. The molecule has 4 rings (SSSR count). The van der Waals surface area contributed by atoms with Gasteiger partial charge in [-0.3, -0.25) is 0 Å². The molecule has 4 aromatic rings. The molecule has 1 N–H and O–H groups in total. The first kappa shape index (κ1) is 22.4. The fraction of sp³-hybridized carbons (Fsp3) is 0.300. The SMILES string of the molecule is COc1cc(-c2nnc(CSc3nnc(NCCc4cccs4)s3)o2)cc(OC)c1OC. The second-order valence-electron chi connectivity index (χ2n) is 6.33. The number of hydrogen-bond acceptors (Lipinski definition) is 12. The number of ether oxygens (including phenoxy) is 3. The molecule has 168 valence electrons. The van der Waals surface area contributed by atoms with Crippen molar-refractivity contribution >= 4 is 39.6 Å². The van der Waals surface area contributed by atoms with E-state index in [0.29, 0.717) is 40.3 Å². The van der Waals surface area contributed by atoms with Crippen molar-refractivity contribution in [3.63, 3.8) is 0 Å². The van der Waals surface area contributed by atoms with Gasteiger partial charge in [-0.25, -0.2) is 0 Å². The highest BCUT2D eigenvalue weighted by atomic mass is 32.2. The Hall–Kier alpha value is -2.83. The lowest BCUT2D eigenvalue weighted by atomic mass is 10.2. The molecule has 3 aromatic heterocycles. The Morgan fingerprint density at radius 2 is 1.84 bits per heavy atom. The van der Waals surface area contributed by atoms with E-state index in [2.05, 4.69) is 43.2 Å². The number of thiophene rings is 1. The van der Waals surface area contributed by atoms with E-state index in [9.17, 15) is 0 Å². The normalized spacial score (nSPS) is 10.8. The van der Waals surface area contributed by atoms with E-state index >= 15 is 0 Å². The average molecular weight is 492 g/mol. The Balaban J connectivity index is 1.35. The van der Waals surface area contributed by atoms with Gasteiger partial charge in [0, 0.05) is 17.0 Å². The monoisotopic (exact) mass is 491 g/mol. The second kappa shape index (κ2) is 10.7. The van der Waals surface area contributed by atoms with Gasteiger partial charge in [0.05, 0.1) is 27.1 Å². The molecule has 1 aromatic carbocycles. The van der Waals surface area contributed by atoms with Crippen molar-refractivity contribution in [3.05, 3.63) is 40.4 Å². The molecule has 0 aliphatic heterocycles. The van der Waals surface area contributed by atoms with Crippen molar-refractivity contribution in [1.29, 1.82) is 0 Å². The summed E-state index contributed by atoms with van der Waals surface area (Å²) in [6, 6.07) is 7.73. The van der Waals surface area contributed by atoms with E-state index in [1.54, 1.807) is 44.8 Å². The Morgan fingerprint density at radius 1 is 1.03 bits per heavy atom. The van der Waals surface area contributed by atoms with Crippen molar-refractivity contribution in [2.75, 3.05) is 33.2 Å². The van der Waals surface area contributed by atoms with Gasteiger partial charge in [0.25, 0.3) is 0 Å². The number of methoxy groups -OCH3 is 3. The molecule has 0 unspecified atom stereocenters. The largest absolute Gasteiger partial charge is 0.493 e. The van der Waals surface area contributed by atoms with Gasteiger partial charge >= 0.3 is 0 Å². The lowest BCUT2D eigenvalue weighted by molar-refractivity contribution is 0.324. The maximum absolute atomic E-state index is 5.82. The lowest BCUT2D eigenvalue weighted by Crippen LogP contribution is -2.03. The first-order chi connectivity index (χ1) is 15.7. The Labute approximate surface area is 197 Å². The van der Waals surface area contributed by atoms with Gasteiger partial charge in [-0.05, 0) is 30.0 Å². The summed E-state index contributed by atoms with van der Waals surface area (Å²) in [5.74, 6) is 2.88. The van der Waals surface area contributed by atoms with Gasteiger partial charge in [-0.1, -0.05) is 29.2 Å². The molecule has 3 heterocycles. The predicted octanol–water partition coefficient (Wildman–Crippen LogP) is 4.62. The van der Waals surface area contributed by atoms with Crippen molar-refractivity contribution in [2.45, 2.75) is 16.5 Å². The van der Waals surface area contributed by atoms with Gasteiger partial charge in [0.2, 0.25) is 22.7 Å². The first-order valence-electron chi connectivity index (χ1n) is 9.55. The average Bonchev–Trinajstić information content (AvgIpc) is 3.59. The summed E-state index contributed by atoms with van der Waals surface area (Å²) in [5.41, 5.74) is 0.677. The molecule has 0 saturated carbocycles. The van der Waals surface area contributed by atoms with Crippen molar-refractivity contribution < 1.29 is 18.6 Å². The zero-order valence-electron chi connectivity index (χ0n) is 17.7. The molecule has 9 nitrogen and oxygen atoms in total. The molecule has 0 radical (unpaired) electrons. The van der Waals surface area contributed by atoms with E-state index in [0.717, 1.165) is 22.4 Å². The molecule has 0 aliphatic rings. The minimum absolute atomic E-state index is 0.369. The highest BCUT2D eigenvalue weighted by molar-refractivity contribution is 8.00. The first-order valence-corrected chi connectivity index (χ1v) is 12.2. The molecular weight excluding hydrogens is 470 g/mol. The minimum Gasteiger partial charge on any atom is -0.493 e. The highest BCUT2D eigenvalue weighted by Crippen LogP contribution is 2.41. The van der Waals surface area contributed by atoms with Crippen LogP contribution in [0.2, 0.25) is 0 Å². The highest BCUT2D eigenvalue weighted by Gasteiger charge is 2.18. The fourth-order valence-corrected chi connectivity index (χ4v) is 5.17. The Bertz CT molecular complexity index is 1120. The zero-order chi connectivity index (χ0) is 22.3. The van der Waals surface area contributed by atoms with Crippen molar-refractivity contribution in [1.82, 2.24) is 20.4 Å². The van der Waals surface area contributed by atoms with Crippen LogP contribution in [0.3, 0.4) is 0 Å². The molecule has 32 heavy (non-hydrogen) atoms. The molecular formula is C20H21N5O4S3. The summed E-state index contributed by atoms with van der Waals surface area (Å²) >= 11 is 4.75. The number of nitrogens with one attached hydrogen (secondary N) is 1. The van der Waals surface area contributed by atoms with Crippen LogP contribution in [0.25, 0.3) is 11.5 Å². The molecule has 0 bridgehead atoms. The summed E-state index contributed by atoms with van der Waals surface area (Å²) < 4.78 is 22.8. The molecule has 12 heteroatoms. The molecule has 0 amide bonds. The van der Waals surface area contributed by atoms with Crippen LogP contribution in [-0.4, -0.2) is 48.3 Å². The number of benzene rings is 1. The molecule has 0 aliphatic carbocycles. The van der Waals surface area contributed by atoms with Crippen LogP contribution in [0, 0.1) is 0 Å². The van der Waals surface area contributed by atoms with Crippen LogP contribution in [0.4, 0.5) is 5.13 Å². The number of rotatable bonds is 11. The zero-order valence-corrected chi connectivity index (χ0v) is 20.1. The lowest BCUT2D eigenvalue weighted by Gasteiger charge is -2.12. The topological polar surface area (TPSA) is 104 Å². The van der Waals surface area contributed by atoms with E-state index in [1.807, 2.05) is 0 Å². The minimum atomic E-state index is 0.369. The van der Waals surface area contributed by atoms with Crippen molar-refractivity contribution in [3.8, 4) is 28.7 Å². The summed E-state index contributed by atoms with van der Waals surface area (Å²) in [6.45, 7) is 0.821. The molecule has 0 atom stereocenters. The van der Waals surface area contributed by atoms with E-state index < -0.39 is 0 Å². The van der Waals surface area contributed by atoms with E-state index in [1.165, 1.54) is 28.0 Å². The van der Waals surface area contributed by atoms with Crippen LogP contribution >= 0.6 is 34.4 Å². The maximum Gasteiger partial charge on any atom is 0.248 e. The van der Waals surface area contributed by atoms with Gasteiger partial charge < -0.3 is 23.9 Å². The Kier molecular flexibility index (Phi) is 7.45. The standard InChI is InChI=1S/C20H21N5O4S3/c1-26-14-9-12(10-15(27-2)17(14)28-3)18-23-22-16(29-18)11-31-20-25-24-19(32-20)21-7-6-13-5-4-8-30-13/h4-5,8-10H,6-7,11H2,1-3H3,(H,21,24). The molecule has 0 spiro atoms. The van der Waals surface area contributed by atoms with E-state index in [-0.39, 0.29) is 0 Å².